The third-order valence-corrected chi connectivity index (χ3v) is 6.08. The van der Waals surface area contributed by atoms with E-state index in [1.165, 1.54) is 4.31 Å². The fourth-order valence-electron chi connectivity index (χ4n) is 2.71. The maximum absolute atomic E-state index is 12.7. The van der Waals surface area contributed by atoms with Gasteiger partial charge in [0.05, 0.1) is 0 Å². The van der Waals surface area contributed by atoms with Gasteiger partial charge < -0.3 is 4.90 Å². The zero-order valence-electron chi connectivity index (χ0n) is 13.8. The van der Waals surface area contributed by atoms with Gasteiger partial charge in [0.25, 0.3) is 10.2 Å². The summed E-state index contributed by atoms with van der Waals surface area (Å²) >= 11 is 0. The highest BCUT2D eigenvalue weighted by molar-refractivity contribution is 7.86. The van der Waals surface area contributed by atoms with Gasteiger partial charge in [-0.2, -0.15) is 17.0 Å². The summed E-state index contributed by atoms with van der Waals surface area (Å²) in [6.07, 6.45) is 4.18. The summed E-state index contributed by atoms with van der Waals surface area (Å²) in [4.78, 5) is 2.03. The Bertz CT molecular complexity index is 562. The number of hydrogen-bond acceptors (Lipinski definition) is 3. The lowest BCUT2D eigenvalue weighted by atomic mass is 10.2. The first-order valence-corrected chi connectivity index (χ1v) is 9.28. The molecule has 1 aromatic carbocycles. The highest BCUT2D eigenvalue weighted by atomic mass is 32.2. The van der Waals surface area contributed by atoms with Crippen molar-refractivity contribution in [2.75, 3.05) is 39.1 Å². The van der Waals surface area contributed by atoms with Gasteiger partial charge >= 0.3 is 0 Å². The fourth-order valence-corrected chi connectivity index (χ4v) is 4.13. The lowest BCUT2D eigenvalue weighted by molar-refractivity contribution is 0.363. The standard InChI is InChI=1S/C16H27N3O2S/c1-17(2)16-10-8-15(9-11-16)14-18(3)22(20,21)19-12-6-4-5-7-13-19/h8-11H,4-7,12-14H2,1-3H3. The molecule has 124 valence electrons. The van der Waals surface area contributed by atoms with Crippen molar-refractivity contribution in [3.05, 3.63) is 29.8 Å². The molecule has 1 aliphatic heterocycles. The van der Waals surface area contributed by atoms with Gasteiger partial charge in [-0.15, -0.1) is 0 Å². The quantitative estimate of drug-likeness (QED) is 0.834. The van der Waals surface area contributed by atoms with Gasteiger partial charge in [-0.25, -0.2) is 0 Å². The van der Waals surface area contributed by atoms with E-state index in [0.29, 0.717) is 19.6 Å². The van der Waals surface area contributed by atoms with Crippen LogP contribution in [-0.2, 0) is 16.8 Å². The Balaban J connectivity index is 2.04. The SMILES string of the molecule is CN(C)c1ccc(CN(C)S(=O)(=O)N2CCCCCC2)cc1. The Morgan fingerprint density at radius 1 is 0.955 bits per heavy atom. The van der Waals surface area contributed by atoms with E-state index < -0.39 is 10.2 Å². The predicted molar refractivity (Wildman–Crippen MR) is 91.2 cm³/mol. The number of nitrogens with zero attached hydrogens (tertiary/aromatic N) is 3. The lowest BCUT2D eigenvalue weighted by Crippen LogP contribution is -2.42. The molecule has 6 heteroatoms. The van der Waals surface area contributed by atoms with Crippen LogP contribution in [0.3, 0.4) is 0 Å². The largest absolute Gasteiger partial charge is 0.378 e. The van der Waals surface area contributed by atoms with Gasteiger partial charge in [-0.3, -0.25) is 0 Å². The number of anilines is 1. The highest BCUT2D eigenvalue weighted by Crippen LogP contribution is 2.18. The molecule has 0 saturated carbocycles. The first kappa shape index (κ1) is 17.2. The average Bonchev–Trinajstić information content (AvgIpc) is 2.77. The Labute approximate surface area is 134 Å². The summed E-state index contributed by atoms with van der Waals surface area (Å²) in [6.45, 7) is 1.70. The molecule has 0 bridgehead atoms. The summed E-state index contributed by atoms with van der Waals surface area (Å²) < 4.78 is 28.4. The van der Waals surface area contributed by atoms with Crippen molar-refractivity contribution in [1.29, 1.82) is 0 Å². The van der Waals surface area contributed by atoms with Crippen molar-refractivity contribution in [2.45, 2.75) is 32.2 Å². The topological polar surface area (TPSA) is 43.9 Å². The Kier molecular flexibility index (Phi) is 5.83. The van der Waals surface area contributed by atoms with E-state index in [0.717, 1.165) is 36.9 Å². The number of benzene rings is 1. The molecule has 1 aromatic rings. The molecule has 22 heavy (non-hydrogen) atoms. The summed E-state index contributed by atoms with van der Waals surface area (Å²) in [5.41, 5.74) is 2.12. The molecular weight excluding hydrogens is 298 g/mol. The Morgan fingerprint density at radius 3 is 2.00 bits per heavy atom. The fraction of sp³-hybridized carbons (Fsp3) is 0.625. The maximum Gasteiger partial charge on any atom is 0.282 e. The molecule has 0 atom stereocenters. The Hall–Kier alpha value is -1.11. The van der Waals surface area contributed by atoms with Crippen molar-refractivity contribution >= 4 is 15.9 Å². The van der Waals surface area contributed by atoms with Gasteiger partial charge in [0.2, 0.25) is 0 Å². The van der Waals surface area contributed by atoms with E-state index in [-0.39, 0.29) is 0 Å². The van der Waals surface area contributed by atoms with E-state index in [2.05, 4.69) is 0 Å². The molecule has 0 aliphatic carbocycles. The van der Waals surface area contributed by atoms with Crippen molar-refractivity contribution in [3.63, 3.8) is 0 Å². The van der Waals surface area contributed by atoms with Gasteiger partial charge in [0, 0.05) is 46.5 Å². The Morgan fingerprint density at radius 2 is 1.50 bits per heavy atom. The van der Waals surface area contributed by atoms with Crippen molar-refractivity contribution in [1.82, 2.24) is 8.61 Å². The van der Waals surface area contributed by atoms with E-state index in [1.54, 1.807) is 11.4 Å². The molecule has 0 radical (unpaired) electrons. The molecule has 0 spiro atoms. The molecule has 0 unspecified atom stereocenters. The first-order chi connectivity index (χ1) is 10.4. The van der Waals surface area contributed by atoms with E-state index >= 15 is 0 Å². The van der Waals surface area contributed by atoms with Crippen LogP contribution in [0.2, 0.25) is 0 Å². The van der Waals surface area contributed by atoms with Crippen LogP contribution in [0, 0.1) is 0 Å². The van der Waals surface area contributed by atoms with Crippen LogP contribution in [0.15, 0.2) is 24.3 Å². The normalized spacial score (nSPS) is 17.5. The lowest BCUT2D eigenvalue weighted by Gasteiger charge is -2.26. The van der Waals surface area contributed by atoms with Gasteiger partial charge in [0.1, 0.15) is 0 Å². The minimum absolute atomic E-state index is 0.409. The average molecular weight is 325 g/mol. The summed E-state index contributed by atoms with van der Waals surface area (Å²) in [5, 5.41) is 0. The van der Waals surface area contributed by atoms with Crippen LogP contribution in [0.25, 0.3) is 0 Å². The third kappa shape index (κ3) is 4.21. The molecule has 0 aromatic heterocycles. The second-order valence-corrected chi connectivity index (χ2v) is 8.17. The molecule has 0 amide bonds. The molecule has 2 rings (SSSR count). The van der Waals surface area contributed by atoms with Crippen molar-refractivity contribution in [3.8, 4) is 0 Å². The highest BCUT2D eigenvalue weighted by Gasteiger charge is 2.27. The van der Waals surface area contributed by atoms with Gasteiger partial charge in [-0.05, 0) is 30.5 Å². The molecule has 1 saturated heterocycles. The summed E-state index contributed by atoms with van der Waals surface area (Å²) in [5.74, 6) is 0. The zero-order valence-corrected chi connectivity index (χ0v) is 14.6. The second kappa shape index (κ2) is 7.44. The smallest absolute Gasteiger partial charge is 0.282 e. The molecule has 1 heterocycles. The zero-order chi connectivity index (χ0) is 16.2. The first-order valence-electron chi connectivity index (χ1n) is 7.89. The monoisotopic (exact) mass is 325 g/mol. The van der Waals surface area contributed by atoms with E-state index in [9.17, 15) is 8.42 Å². The van der Waals surface area contributed by atoms with E-state index in [1.807, 2.05) is 43.3 Å². The maximum atomic E-state index is 12.7. The van der Waals surface area contributed by atoms with Crippen LogP contribution in [0.5, 0.6) is 0 Å². The van der Waals surface area contributed by atoms with Crippen LogP contribution in [0.4, 0.5) is 5.69 Å². The van der Waals surface area contributed by atoms with Crippen molar-refractivity contribution < 1.29 is 8.42 Å². The molecule has 0 N–H and O–H groups in total. The minimum atomic E-state index is -3.35. The number of hydrogen-bond donors (Lipinski definition) is 0. The van der Waals surface area contributed by atoms with Crippen LogP contribution in [0.1, 0.15) is 31.2 Å². The molecule has 5 nitrogen and oxygen atoms in total. The predicted octanol–water partition coefficient (Wildman–Crippen LogP) is 2.31. The molecule has 1 fully saturated rings. The summed E-state index contributed by atoms with van der Waals surface area (Å²) in [7, 11) is 2.29. The summed E-state index contributed by atoms with van der Waals surface area (Å²) in [6, 6.07) is 8.01. The third-order valence-electron chi connectivity index (χ3n) is 4.14. The van der Waals surface area contributed by atoms with Crippen molar-refractivity contribution in [2.24, 2.45) is 0 Å². The molecule has 1 aliphatic rings. The van der Waals surface area contributed by atoms with Crippen LogP contribution in [-0.4, -0.2) is 51.3 Å². The van der Waals surface area contributed by atoms with Crippen LogP contribution < -0.4 is 4.90 Å². The number of rotatable bonds is 5. The minimum Gasteiger partial charge on any atom is -0.378 e. The van der Waals surface area contributed by atoms with Gasteiger partial charge in [0.15, 0.2) is 0 Å². The second-order valence-electron chi connectivity index (χ2n) is 6.14. The molecular formula is C16H27N3O2S. The van der Waals surface area contributed by atoms with E-state index in [4.69, 9.17) is 0 Å². The van der Waals surface area contributed by atoms with Crippen LogP contribution >= 0.6 is 0 Å². The van der Waals surface area contributed by atoms with Gasteiger partial charge in [-0.1, -0.05) is 25.0 Å².